The van der Waals surface area contributed by atoms with Crippen LogP contribution in [0.15, 0.2) is 109 Å². The van der Waals surface area contributed by atoms with Crippen LogP contribution in [0.4, 0.5) is 23.3 Å². The molecule has 0 spiro atoms. The summed E-state index contributed by atoms with van der Waals surface area (Å²) in [5, 5.41) is 0. The minimum Gasteiger partial charge on any atom is -0.419 e. The number of fused-ring (bicyclic) bond motifs is 4. The second-order valence-corrected chi connectivity index (χ2v) is 13.8. The smallest absolute Gasteiger partial charge is 0.419 e. The van der Waals surface area contributed by atoms with Crippen LogP contribution in [0.1, 0.15) is 61.1 Å². The summed E-state index contributed by atoms with van der Waals surface area (Å²) >= 11 is 0. The summed E-state index contributed by atoms with van der Waals surface area (Å²) in [6.45, 7) is 9.07. The molecule has 0 unspecified atom stereocenters. The van der Waals surface area contributed by atoms with Crippen molar-refractivity contribution in [1.82, 2.24) is 19.1 Å². The van der Waals surface area contributed by atoms with E-state index in [0.717, 1.165) is 22.5 Å². The molecule has 2 aromatic heterocycles. The fraction of sp³-hybridized carbons (Fsp3) is 0.190. The van der Waals surface area contributed by atoms with Gasteiger partial charge >= 0.3 is 21.1 Å². The topological polar surface area (TPSA) is 51.4 Å². The summed E-state index contributed by atoms with van der Waals surface area (Å²) in [6.07, 6.45) is 14.9. The van der Waals surface area contributed by atoms with E-state index in [2.05, 4.69) is 137 Å². The van der Waals surface area contributed by atoms with Crippen molar-refractivity contribution in [3.63, 3.8) is 0 Å². The van der Waals surface area contributed by atoms with E-state index in [1.165, 1.54) is 22.3 Å². The Labute approximate surface area is 308 Å². The number of ether oxygens (including phenoxy) is 1. The minimum absolute atomic E-state index is 0. The minimum atomic E-state index is -0.243. The number of para-hydroxylation sites is 2. The molecular formula is C42H38N6OPt. The Morgan fingerprint density at radius 3 is 1.30 bits per heavy atom. The van der Waals surface area contributed by atoms with Crippen LogP contribution in [0.3, 0.4) is 0 Å². The summed E-state index contributed by atoms with van der Waals surface area (Å²) < 4.78 is 10.3. The van der Waals surface area contributed by atoms with Gasteiger partial charge in [0.1, 0.15) is 11.9 Å². The number of nitrogens with zero attached hydrogens (tertiary/aromatic N) is 6. The predicted molar refractivity (Wildman–Crippen MR) is 196 cm³/mol. The molecule has 0 fully saturated rings. The van der Waals surface area contributed by atoms with Gasteiger partial charge < -0.3 is 23.7 Å². The Morgan fingerprint density at radius 2 is 0.880 bits per heavy atom. The Hall–Kier alpha value is -5.13. The van der Waals surface area contributed by atoms with Gasteiger partial charge in [-0.25, -0.2) is 9.97 Å². The van der Waals surface area contributed by atoms with Gasteiger partial charge in [0.15, 0.2) is 0 Å². The van der Waals surface area contributed by atoms with Crippen LogP contribution in [0.5, 0.6) is 11.8 Å². The molecule has 7 nitrogen and oxygen atoms in total. The molecule has 0 saturated heterocycles. The zero-order valence-electron chi connectivity index (χ0n) is 29.0. The third-order valence-electron chi connectivity index (χ3n) is 9.87. The van der Waals surface area contributed by atoms with Crippen LogP contribution >= 0.6 is 0 Å². The number of aromatic nitrogens is 4. The van der Waals surface area contributed by atoms with Crippen molar-refractivity contribution < 1.29 is 25.8 Å². The first-order valence-electron chi connectivity index (χ1n) is 16.5. The fourth-order valence-corrected chi connectivity index (χ4v) is 7.29. The van der Waals surface area contributed by atoms with E-state index in [-0.39, 0.29) is 31.9 Å². The maximum atomic E-state index is 6.37. The number of aryl methyl sites for hydroxylation is 2. The molecule has 50 heavy (non-hydrogen) atoms. The van der Waals surface area contributed by atoms with Gasteiger partial charge in [0, 0.05) is 24.9 Å². The Bertz CT molecular complexity index is 2120. The Balaban J connectivity index is 0.00000392. The molecular weight excluding hydrogens is 800 g/mol. The van der Waals surface area contributed by atoms with Crippen molar-refractivity contribution in [2.75, 3.05) is 9.80 Å². The standard InChI is InChI=1S/C42H38N6O.Pt/c1-41(2)31-17-9-7-15-29(31)23-25-47(35-21-13-11-19-33(35)41)39-43-37(27-45(39)5)49-38-28-46(6)40(44-38)48-26-24-30-16-8-10-18-32(30)42(3,4)34-20-12-14-22-36(34)48;/h7-24,27-28H,1-6H3;/q-2;+2. The summed E-state index contributed by atoms with van der Waals surface area (Å²) in [5.41, 5.74) is 8.68. The zero-order valence-corrected chi connectivity index (χ0v) is 31.2. The van der Waals surface area contributed by atoms with Crippen LogP contribution in [-0.2, 0) is 46.0 Å². The molecule has 4 aromatic carbocycles. The van der Waals surface area contributed by atoms with E-state index in [1.807, 2.05) is 57.6 Å². The average molecular weight is 838 g/mol. The first kappa shape index (κ1) is 33.4. The monoisotopic (exact) mass is 837 g/mol. The van der Waals surface area contributed by atoms with Crippen molar-refractivity contribution in [2.45, 2.75) is 38.5 Å². The molecule has 4 heterocycles. The van der Waals surface area contributed by atoms with Crippen LogP contribution < -0.4 is 14.5 Å². The number of anilines is 4. The largest absolute Gasteiger partial charge is 2.00 e. The second kappa shape index (κ2) is 12.6. The molecule has 8 rings (SSSR count). The van der Waals surface area contributed by atoms with Gasteiger partial charge in [-0.05, 0) is 11.4 Å². The van der Waals surface area contributed by atoms with Gasteiger partial charge in [0.2, 0.25) is 11.8 Å². The molecule has 8 heteroatoms. The van der Waals surface area contributed by atoms with Gasteiger partial charge in [0.05, 0.1) is 12.4 Å². The Kier molecular flexibility index (Phi) is 8.43. The maximum absolute atomic E-state index is 6.37. The third kappa shape index (κ3) is 5.50. The SMILES string of the molecule is Cn1cc(Oc2cn(C)c(N3[C-]=Cc4ccccc4C(C)(C)c4ccccc43)n2)nc1N1[C-]=Cc2ccccc2C(C)(C)c2ccccc21.[Pt+2]. The zero-order chi connectivity index (χ0) is 33.9. The number of hydrogen-bond donors (Lipinski definition) is 0. The van der Waals surface area contributed by atoms with Gasteiger partial charge in [-0.15, -0.1) is 12.2 Å². The number of rotatable bonds is 4. The molecule has 0 bridgehead atoms. The van der Waals surface area contributed by atoms with E-state index in [4.69, 9.17) is 14.7 Å². The molecule has 2 aliphatic heterocycles. The van der Waals surface area contributed by atoms with E-state index in [1.54, 1.807) is 0 Å². The van der Waals surface area contributed by atoms with Crippen LogP contribution in [0.25, 0.3) is 12.2 Å². The van der Waals surface area contributed by atoms with Crippen molar-refractivity contribution in [3.8, 4) is 11.8 Å². The van der Waals surface area contributed by atoms with Crippen molar-refractivity contribution >= 4 is 35.4 Å². The van der Waals surface area contributed by atoms with Gasteiger partial charge in [-0.3, -0.25) is 0 Å². The van der Waals surface area contributed by atoms with Crippen LogP contribution in [0, 0.1) is 12.4 Å². The first-order valence-corrected chi connectivity index (χ1v) is 16.5. The van der Waals surface area contributed by atoms with Crippen LogP contribution in [0.2, 0.25) is 0 Å². The van der Waals surface area contributed by atoms with E-state index >= 15 is 0 Å². The molecule has 0 aliphatic carbocycles. The van der Waals surface area contributed by atoms with E-state index in [9.17, 15) is 0 Å². The van der Waals surface area contributed by atoms with Crippen molar-refractivity contribution in [3.05, 3.63) is 155 Å². The van der Waals surface area contributed by atoms with E-state index in [0.29, 0.717) is 23.7 Å². The summed E-state index contributed by atoms with van der Waals surface area (Å²) in [7, 11) is 3.94. The normalized spacial score (nSPS) is 15.3. The average Bonchev–Trinajstić information content (AvgIpc) is 3.65. The van der Waals surface area contributed by atoms with Gasteiger partial charge in [-0.2, -0.15) is 0 Å². The summed E-state index contributed by atoms with van der Waals surface area (Å²) in [5.74, 6) is 2.23. The number of hydrogen-bond acceptors (Lipinski definition) is 5. The second-order valence-electron chi connectivity index (χ2n) is 13.8. The summed E-state index contributed by atoms with van der Waals surface area (Å²) in [6, 6.07) is 33.9. The molecule has 0 saturated carbocycles. The molecule has 6 aromatic rings. The number of benzene rings is 4. The third-order valence-corrected chi connectivity index (χ3v) is 9.87. The van der Waals surface area contributed by atoms with Crippen LogP contribution in [-0.4, -0.2) is 19.1 Å². The first-order chi connectivity index (χ1) is 23.6. The van der Waals surface area contributed by atoms with Gasteiger partial charge in [0.25, 0.3) is 0 Å². The van der Waals surface area contributed by atoms with Gasteiger partial charge in [-0.1, -0.05) is 171 Å². The molecule has 252 valence electrons. The molecule has 0 N–H and O–H groups in total. The molecule has 0 amide bonds. The summed E-state index contributed by atoms with van der Waals surface area (Å²) in [4.78, 5) is 14.0. The number of imidazole rings is 2. The quantitative estimate of drug-likeness (QED) is 0.166. The van der Waals surface area contributed by atoms with Crippen molar-refractivity contribution in [2.24, 2.45) is 14.1 Å². The Morgan fingerprint density at radius 1 is 0.520 bits per heavy atom. The molecule has 0 radical (unpaired) electrons. The fourth-order valence-electron chi connectivity index (χ4n) is 7.29. The molecule has 2 aliphatic rings. The van der Waals surface area contributed by atoms with Crippen molar-refractivity contribution in [1.29, 1.82) is 0 Å². The maximum Gasteiger partial charge on any atom is 2.00 e. The van der Waals surface area contributed by atoms with E-state index < -0.39 is 0 Å². The predicted octanol–water partition coefficient (Wildman–Crippen LogP) is 9.45. The molecule has 0 atom stereocenters.